The van der Waals surface area contributed by atoms with E-state index in [1.54, 1.807) is 0 Å². The van der Waals surface area contributed by atoms with Crippen LogP contribution in [0.25, 0.3) is 0 Å². The fraction of sp³-hybridized carbons (Fsp3) is 0.409. The highest BCUT2D eigenvalue weighted by Crippen LogP contribution is 2.21. The van der Waals surface area contributed by atoms with Gasteiger partial charge in [0.25, 0.3) is 0 Å². The number of hydrogen-bond donors (Lipinski definition) is 0. The average Bonchev–Trinajstić information content (AvgIpc) is 2.64. The van der Waals surface area contributed by atoms with Gasteiger partial charge in [0.2, 0.25) is 5.91 Å². The van der Waals surface area contributed by atoms with Gasteiger partial charge in [-0.3, -0.25) is 9.69 Å². The topological polar surface area (TPSA) is 23.6 Å². The molecule has 132 valence electrons. The molecule has 0 aliphatic carbocycles. The van der Waals surface area contributed by atoms with Crippen LogP contribution in [0.4, 0.5) is 0 Å². The summed E-state index contributed by atoms with van der Waals surface area (Å²) in [6, 6.07) is 19.0. The Morgan fingerprint density at radius 2 is 1.64 bits per heavy atom. The van der Waals surface area contributed by atoms with Gasteiger partial charge >= 0.3 is 0 Å². The highest BCUT2D eigenvalue weighted by atomic mass is 16.2. The van der Waals surface area contributed by atoms with Crippen molar-refractivity contribution in [3.05, 3.63) is 71.3 Å². The van der Waals surface area contributed by atoms with E-state index in [0.29, 0.717) is 12.5 Å². The van der Waals surface area contributed by atoms with Crippen LogP contribution in [-0.4, -0.2) is 35.8 Å². The number of piperidine rings is 1. The van der Waals surface area contributed by atoms with Crippen LogP contribution < -0.4 is 0 Å². The normalized spacial score (nSPS) is 15.9. The SMILES string of the molecule is Cc1ccc(CN2CCC(C(=O)N(C)Cc3ccccc3)CC2)cc1. The van der Waals surface area contributed by atoms with E-state index in [1.807, 2.05) is 30.1 Å². The summed E-state index contributed by atoms with van der Waals surface area (Å²) in [4.78, 5) is 17.1. The maximum atomic E-state index is 12.7. The first kappa shape index (κ1) is 17.7. The number of aryl methyl sites for hydroxylation is 1. The molecule has 3 nitrogen and oxygen atoms in total. The van der Waals surface area contributed by atoms with Gasteiger partial charge in [-0.05, 0) is 44.0 Å². The zero-order valence-electron chi connectivity index (χ0n) is 15.3. The van der Waals surface area contributed by atoms with E-state index < -0.39 is 0 Å². The quantitative estimate of drug-likeness (QED) is 0.827. The minimum absolute atomic E-state index is 0.169. The smallest absolute Gasteiger partial charge is 0.225 e. The number of hydrogen-bond acceptors (Lipinski definition) is 2. The summed E-state index contributed by atoms with van der Waals surface area (Å²) in [5.41, 5.74) is 3.85. The second kappa shape index (κ2) is 8.30. The molecule has 0 spiro atoms. The molecule has 0 bridgehead atoms. The molecule has 2 aromatic carbocycles. The molecule has 1 saturated heterocycles. The molecule has 1 heterocycles. The zero-order valence-corrected chi connectivity index (χ0v) is 15.3. The van der Waals surface area contributed by atoms with Crippen molar-refractivity contribution < 1.29 is 4.79 Å². The maximum absolute atomic E-state index is 12.7. The molecule has 3 rings (SSSR count). The molecule has 1 aliphatic heterocycles. The molecule has 0 atom stereocenters. The van der Waals surface area contributed by atoms with Gasteiger partial charge in [0.05, 0.1) is 0 Å². The number of nitrogens with zero attached hydrogens (tertiary/aromatic N) is 2. The van der Waals surface area contributed by atoms with Gasteiger partial charge < -0.3 is 4.90 Å². The summed E-state index contributed by atoms with van der Waals surface area (Å²) in [6.45, 7) is 5.81. The molecule has 0 radical (unpaired) electrons. The fourth-order valence-electron chi connectivity index (χ4n) is 3.54. The first-order valence-electron chi connectivity index (χ1n) is 9.18. The molecule has 25 heavy (non-hydrogen) atoms. The zero-order chi connectivity index (χ0) is 17.6. The Morgan fingerprint density at radius 3 is 2.28 bits per heavy atom. The van der Waals surface area contributed by atoms with Crippen molar-refractivity contribution in [3.63, 3.8) is 0 Å². The molecule has 0 unspecified atom stereocenters. The van der Waals surface area contributed by atoms with E-state index in [1.165, 1.54) is 16.7 Å². The second-order valence-corrected chi connectivity index (χ2v) is 7.22. The Labute approximate surface area is 151 Å². The van der Waals surface area contributed by atoms with E-state index in [2.05, 4.69) is 48.2 Å². The minimum atomic E-state index is 0.169. The van der Waals surface area contributed by atoms with Crippen LogP contribution in [0, 0.1) is 12.8 Å². The van der Waals surface area contributed by atoms with Crippen LogP contribution in [0.1, 0.15) is 29.5 Å². The van der Waals surface area contributed by atoms with Gasteiger partial charge in [-0.1, -0.05) is 60.2 Å². The van der Waals surface area contributed by atoms with Crippen LogP contribution in [0.3, 0.4) is 0 Å². The Kier molecular flexibility index (Phi) is 5.87. The molecule has 2 aromatic rings. The molecule has 1 fully saturated rings. The molecule has 1 aliphatic rings. The van der Waals surface area contributed by atoms with Crippen LogP contribution in [0.15, 0.2) is 54.6 Å². The molecular formula is C22H28N2O. The van der Waals surface area contributed by atoms with Crippen LogP contribution in [-0.2, 0) is 17.9 Å². The van der Waals surface area contributed by atoms with Gasteiger partial charge in [-0.2, -0.15) is 0 Å². The first-order chi connectivity index (χ1) is 12.1. The van der Waals surface area contributed by atoms with E-state index >= 15 is 0 Å². The van der Waals surface area contributed by atoms with E-state index in [-0.39, 0.29) is 5.92 Å². The first-order valence-corrected chi connectivity index (χ1v) is 9.18. The van der Waals surface area contributed by atoms with Crippen molar-refractivity contribution in [1.29, 1.82) is 0 Å². The Hall–Kier alpha value is -2.13. The third-order valence-electron chi connectivity index (χ3n) is 5.10. The number of benzene rings is 2. The molecule has 0 N–H and O–H groups in total. The summed E-state index contributed by atoms with van der Waals surface area (Å²) in [6.07, 6.45) is 1.92. The van der Waals surface area contributed by atoms with Gasteiger partial charge in [0.15, 0.2) is 0 Å². The predicted octanol–water partition coefficient (Wildman–Crippen LogP) is 3.87. The third kappa shape index (κ3) is 4.93. The van der Waals surface area contributed by atoms with Gasteiger partial charge in [-0.15, -0.1) is 0 Å². The maximum Gasteiger partial charge on any atom is 0.225 e. The molecule has 3 heteroatoms. The largest absolute Gasteiger partial charge is 0.341 e. The van der Waals surface area contributed by atoms with Gasteiger partial charge in [-0.25, -0.2) is 0 Å². The van der Waals surface area contributed by atoms with Crippen LogP contribution >= 0.6 is 0 Å². The van der Waals surface area contributed by atoms with Crippen molar-refractivity contribution in [3.8, 4) is 0 Å². The van der Waals surface area contributed by atoms with Crippen molar-refractivity contribution in [2.75, 3.05) is 20.1 Å². The lowest BCUT2D eigenvalue weighted by Gasteiger charge is -2.33. The second-order valence-electron chi connectivity index (χ2n) is 7.22. The highest BCUT2D eigenvalue weighted by molar-refractivity contribution is 5.78. The van der Waals surface area contributed by atoms with Gasteiger partial charge in [0, 0.05) is 26.1 Å². The third-order valence-corrected chi connectivity index (χ3v) is 5.10. The van der Waals surface area contributed by atoms with Crippen molar-refractivity contribution in [2.24, 2.45) is 5.92 Å². The van der Waals surface area contributed by atoms with Crippen molar-refractivity contribution in [2.45, 2.75) is 32.9 Å². The summed E-state index contributed by atoms with van der Waals surface area (Å²) in [5, 5.41) is 0. The summed E-state index contributed by atoms with van der Waals surface area (Å²) in [5.74, 6) is 0.460. The number of rotatable bonds is 5. The van der Waals surface area contributed by atoms with Crippen LogP contribution in [0.5, 0.6) is 0 Å². The Morgan fingerprint density at radius 1 is 1.00 bits per heavy atom. The minimum Gasteiger partial charge on any atom is -0.341 e. The predicted molar refractivity (Wildman–Crippen MR) is 102 cm³/mol. The molecule has 0 aromatic heterocycles. The number of carbonyl (C=O) groups is 1. The lowest BCUT2D eigenvalue weighted by atomic mass is 9.95. The molecule has 1 amide bonds. The van der Waals surface area contributed by atoms with E-state index in [0.717, 1.165) is 32.5 Å². The number of likely N-dealkylation sites (tertiary alicyclic amines) is 1. The Balaban J connectivity index is 1.48. The lowest BCUT2D eigenvalue weighted by Crippen LogP contribution is -2.40. The highest BCUT2D eigenvalue weighted by Gasteiger charge is 2.27. The molecular weight excluding hydrogens is 308 g/mol. The Bertz CT molecular complexity index is 673. The van der Waals surface area contributed by atoms with E-state index in [9.17, 15) is 4.79 Å². The van der Waals surface area contributed by atoms with Crippen molar-refractivity contribution in [1.82, 2.24) is 9.80 Å². The summed E-state index contributed by atoms with van der Waals surface area (Å²) < 4.78 is 0. The number of amides is 1. The average molecular weight is 336 g/mol. The van der Waals surface area contributed by atoms with Gasteiger partial charge in [0.1, 0.15) is 0 Å². The monoisotopic (exact) mass is 336 g/mol. The standard InChI is InChI=1S/C22H28N2O/c1-18-8-10-20(11-9-18)17-24-14-12-21(13-15-24)22(25)23(2)16-19-6-4-3-5-7-19/h3-11,21H,12-17H2,1-2H3. The van der Waals surface area contributed by atoms with Crippen molar-refractivity contribution >= 4 is 5.91 Å². The summed E-state index contributed by atoms with van der Waals surface area (Å²) in [7, 11) is 1.92. The molecule has 0 saturated carbocycles. The van der Waals surface area contributed by atoms with E-state index in [4.69, 9.17) is 0 Å². The summed E-state index contributed by atoms with van der Waals surface area (Å²) >= 11 is 0. The fourth-order valence-corrected chi connectivity index (χ4v) is 3.54. The number of carbonyl (C=O) groups excluding carboxylic acids is 1. The van der Waals surface area contributed by atoms with Crippen LogP contribution in [0.2, 0.25) is 0 Å². The lowest BCUT2D eigenvalue weighted by molar-refractivity contribution is -0.136.